The molecular formula is C30H30N4O3. The van der Waals surface area contributed by atoms with E-state index in [1.54, 1.807) is 17.0 Å². The van der Waals surface area contributed by atoms with Gasteiger partial charge in [0, 0.05) is 56.9 Å². The van der Waals surface area contributed by atoms with Crippen molar-refractivity contribution in [1.82, 2.24) is 9.80 Å². The molecule has 2 heterocycles. The lowest BCUT2D eigenvalue weighted by atomic mass is 10.1. The molecule has 2 N–H and O–H groups in total. The molecule has 3 aromatic carbocycles. The Kier molecular flexibility index (Phi) is 6.00. The summed E-state index contributed by atoms with van der Waals surface area (Å²) in [5.74, 6) is -0.628. The average Bonchev–Trinajstić information content (AvgIpc) is 3.49. The first-order valence-corrected chi connectivity index (χ1v) is 12.9. The summed E-state index contributed by atoms with van der Waals surface area (Å²) >= 11 is 0. The van der Waals surface area contributed by atoms with E-state index in [2.05, 4.69) is 41.3 Å². The molecule has 6 rings (SSSR count). The fourth-order valence-corrected chi connectivity index (χ4v) is 5.84. The van der Waals surface area contributed by atoms with Crippen LogP contribution in [0.5, 0.6) is 0 Å². The Bertz CT molecular complexity index is 1380. The monoisotopic (exact) mass is 494 g/mol. The molecule has 1 unspecified atom stereocenters. The minimum Gasteiger partial charge on any atom is -0.366 e. The van der Waals surface area contributed by atoms with Crippen LogP contribution in [-0.4, -0.2) is 60.2 Å². The Balaban J connectivity index is 1.05. The molecule has 3 aromatic rings. The van der Waals surface area contributed by atoms with Gasteiger partial charge < -0.3 is 15.5 Å². The summed E-state index contributed by atoms with van der Waals surface area (Å²) in [4.78, 5) is 43.5. The number of fused-ring (bicyclic) bond motifs is 3. The predicted molar refractivity (Wildman–Crippen MR) is 142 cm³/mol. The van der Waals surface area contributed by atoms with E-state index < -0.39 is 5.91 Å². The smallest absolute Gasteiger partial charge is 0.248 e. The second-order valence-electron chi connectivity index (χ2n) is 10.2. The largest absolute Gasteiger partial charge is 0.366 e. The van der Waals surface area contributed by atoms with Crippen LogP contribution in [0.3, 0.4) is 0 Å². The molecule has 3 amide bonds. The minimum atomic E-state index is -0.426. The Morgan fingerprint density at radius 3 is 2.35 bits per heavy atom. The molecule has 1 atom stereocenters. The quantitative estimate of drug-likeness (QED) is 0.462. The molecule has 2 saturated heterocycles. The van der Waals surface area contributed by atoms with Crippen molar-refractivity contribution in [2.45, 2.75) is 19.4 Å². The molecule has 0 bridgehead atoms. The fraction of sp³-hybridized carbons (Fsp3) is 0.300. The standard InChI is InChI=1S/C30H30N4O3/c31-29(36)21-7-5-20(6-8-21)18-32-11-13-33(14-12-32)30(37)24-17-28(35)34(19-24)25-9-10-27-23(16-25)15-22-3-1-2-4-26(22)27/h1-10,16,24H,11-15,17-19H2,(H2,31,36). The summed E-state index contributed by atoms with van der Waals surface area (Å²) in [5.41, 5.74) is 12.9. The maximum Gasteiger partial charge on any atom is 0.248 e. The number of hydrogen-bond acceptors (Lipinski definition) is 4. The maximum absolute atomic E-state index is 13.3. The van der Waals surface area contributed by atoms with Gasteiger partial charge in [0.25, 0.3) is 0 Å². The highest BCUT2D eigenvalue weighted by Crippen LogP contribution is 2.39. The summed E-state index contributed by atoms with van der Waals surface area (Å²) in [6.07, 6.45) is 1.14. The predicted octanol–water partition coefficient (Wildman–Crippen LogP) is 3.05. The zero-order valence-corrected chi connectivity index (χ0v) is 20.7. The van der Waals surface area contributed by atoms with Crippen molar-refractivity contribution in [2.75, 3.05) is 37.6 Å². The Morgan fingerprint density at radius 1 is 0.865 bits per heavy atom. The summed E-state index contributed by atoms with van der Waals surface area (Å²) in [5, 5.41) is 0. The van der Waals surface area contributed by atoms with Gasteiger partial charge in [-0.3, -0.25) is 19.3 Å². The van der Waals surface area contributed by atoms with E-state index in [4.69, 9.17) is 5.73 Å². The summed E-state index contributed by atoms with van der Waals surface area (Å²) in [6.45, 7) is 4.06. The van der Waals surface area contributed by atoms with Crippen LogP contribution in [0.1, 0.15) is 33.5 Å². The highest BCUT2D eigenvalue weighted by atomic mass is 16.2. The Labute approximate surface area is 216 Å². The molecule has 2 fully saturated rings. The van der Waals surface area contributed by atoms with Crippen molar-refractivity contribution in [3.8, 4) is 11.1 Å². The SMILES string of the molecule is NC(=O)c1ccc(CN2CCN(C(=O)C3CC(=O)N(c4ccc5c(c4)Cc4ccccc4-5)C3)CC2)cc1. The average molecular weight is 495 g/mol. The highest BCUT2D eigenvalue weighted by Gasteiger charge is 2.38. The molecule has 3 aliphatic rings. The van der Waals surface area contributed by atoms with E-state index >= 15 is 0 Å². The number of benzene rings is 3. The molecule has 188 valence electrons. The van der Waals surface area contributed by atoms with Crippen molar-refractivity contribution in [3.05, 3.63) is 89.0 Å². The molecule has 7 nitrogen and oxygen atoms in total. The number of amides is 3. The lowest BCUT2D eigenvalue weighted by molar-refractivity contribution is -0.137. The van der Waals surface area contributed by atoms with Gasteiger partial charge in [0.05, 0.1) is 5.92 Å². The van der Waals surface area contributed by atoms with Gasteiger partial charge in [-0.15, -0.1) is 0 Å². The number of carbonyl (C=O) groups is 3. The first-order valence-electron chi connectivity index (χ1n) is 12.9. The number of primary amides is 1. The highest BCUT2D eigenvalue weighted by molar-refractivity contribution is 6.00. The van der Waals surface area contributed by atoms with Crippen LogP contribution in [0.4, 0.5) is 5.69 Å². The number of piperazine rings is 1. The van der Waals surface area contributed by atoms with Crippen molar-refractivity contribution < 1.29 is 14.4 Å². The molecule has 7 heteroatoms. The van der Waals surface area contributed by atoms with E-state index in [0.29, 0.717) is 25.2 Å². The molecular weight excluding hydrogens is 464 g/mol. The zero-order valence-electron chi connectivity index (χ0n) is 20.7. The second kappa shape index (κ2) is 9.48. The number of anilines is 1. The molecule has 0 aromatic heterocycles. The van der Waals surface area contributed by atoms with Crippen molar-refractivity contribution in [3.63, 3.8) is 0 Å². The number of nitrogens with zero attached hydrogens (tertiary/aromatic N) is 3. The third-order valence-electron chi connectivity index (χ3n) is 7.89. The van der Waals surface area contributed by atoms with Gasteiger partial charge in [0.2, 0.25) is 17.7 Å². The van der Waals surface area contributed by atoms with Gasteiger partial charge in [-0.2, -0.15) is 0 Å². The Morgan fingerprint density at radius 2 is 1.59 bits per heavy atom. The van der Waals surface area contributed by atoms with Crippen molar-refractivity contribution in [1.29, 1.82) is 0 Å². The van der Waals surface area contributed by atoms with Gasteiger partial charge >= 0.3 is 0 Å². The normalized spacial score (nSPS) is 19.1. The summed E-state index contributed by atoms with van der Waals surface area (Å²) in [7, 11) is 0. The zero-order chi connectivity index (χ0) is 25.5. The van der Waals surface area contributed by atoms with Gasteiger partial charge in [-0.05, 0) is 58.5 Å². The van der Waals surface area contributed by atoms with Gasteiger partial charge in [0.1, 0.15) is 0 Å². The van der Waals surface area contributed by atoms with Crippen LogP contribution < -0.4 is 10.6 Å². The molecule has 1 aliphatic carbocycles. The van der Waals surface area contributed by atoms with Crippen LogP contribution in [0.15, 0.2) is 66.7 Å². The van der Waals surface area contributed by atoms with Gasteiger partial charge in [-0.1, -0.05) is 42.5 Å². The van der Waals surface area contributed by atoms with Crippen molar-refractivity contribution >= 4 is 23.4 Å². The number of carbonyl (C=O) groups excluding carboxylic acids is 3. The first-order chi connectivity index (χ1) is 18.0. The van der Waals surface area contributed by atoms with Crippen LogP contribution >= 0.6 is 0 Å². The van der Waals surface area contributed by atoms with Crippen LogP contribution in [0.2, 0.25) is 0 Å². The van der Waals surface area contributed by atoms with E-state index in [0.717, 1.165) is 37.3 Å². The van der Waals surface area contributed by atoms with Crippen molar-refractivity contribution in [2.24, 2.45) is 11.7 Å². The van der Waals surface area contributed by atoms with Crippen LogP contribution in [0, 0.1) is 5.92 Å². The topological polar surface area (TPSA) is 87.0 Å². The van der Waals surface area contributed by atoms with Gasteiger partial charge in [-0.25, -0.2) is 0 Å². The summed E-state index contributed by atoms with van der Waals surface area (Å²) in [6, 6.07) is 22.0. The fourth-order valence-electron chi connectivity index (χ4n) is 5.84. The Hall–Kier alpha value is -3.97. The van der Waals surface area contributed by atoms with Crippen LogP contribution in [0.25, 0.3) is 11.1 Å². The van der Waals surface area contributed by atoms with E-state index in [9.17, 15) is 14.4 Å². The number of hydrogen-bond donors (Lipinski definition) is 1. The lowest BCUT2D eigenvalue weighted by Crippen LogP contribution is -2.50. The first kappa shape index (κ1) is 23.4. The van der Waals surface area contributed by atoms with E-state index in [1.165, 1.54) is 22.3 Å². The number of rotatable bonds is 5. The van der Waals surface area contributed by atoms with E-state index in [-0.39, 0.29) is 24.2 Å². The molecule has 0 spiro atoms. The third kappa shape index (κ3) is 4.51. The molecule has 2 aliphatic heterocycles. The molecule has 37 heavy (non-hydrogen) atoms. The maximum atomic E-state index is 13.3. The molecule has 0 radical (unpaired) electrons. The minimum absolute atomic E-state index is 0.0202. The van der Waals surface area contributed by atoms with Crippen LogP contribution in [-0.2, 0) is 22.6 Å². The lowest BCUT2D eigenvalue weighted by Gasteiger charge is -2.36. The molecule has 0 saturated carbocycles. The third-order valence-corrected chi connectivity index (χ3v) is 7.89. The summed E-state index contributed by atoms with van der Waals surface area (Å²) < 4.78 is 0. The second-order valence-corrected chi connectivity index (χ2v) is 10.2. The van der Waals surface area contributed by atoms with E-state index in [1.807, 2.05) is 23.1 Å². The van der Waals surface area contributed by atoms with Gasteiger partial charge in [0.15, 0.2) is 0 Å². The number of nitrogens with two attached hydrogens (primary N) is 1.